The second-order valence-corrected chi connectivity index (χ2v) is 9.76. The van der Waals surface area contributed by atoms with E-state index in [9.17, 15) is 4.79 Å². The molecule has 0 aliphatic heterocycles. The second-order valence-electron chi connectivity index (χ2n) is 7.88. The molecule has 0 radical (unpaired) electrons. The number of thioether (sulfide) groups is 1. The number of pyridine rings is 1. The zero-order chi connectivity index (χ0) is 25.3. The number of rotatable bonds is 12. The fraction of sp³-hybridized carbons (Fsp3) is 0.269. The van der Waals surface area contributed by atoms with Crippen molar-refractivity contribution in [2.75, 3.05) is 32.2 Å². The number of amides is 1. The van der Waals surface area contributed by atoms with Gasteiger partial charge in [-0.25, -0.2) is 4.98 Å². The third-order valence-electron chi connectivity index (χ3n) is 5.33. The number of anilines is 1. The van der Waals surface area contributed by atoms with Crippen LogP contribution < -0.4 is 14.8 Å². The van der Waals surface area contributed by atoms with E-state index in [0.29, 0.717) is 36.8 Å². The summed E-state index contributed by atoms with van der Waals surface area (Å²) in [5.41, 5.74) is 4.53. The van der Waals surface area contributed by atoms with Crippen LogP contribution in [0.5, 0.6) is 11.5 Å². The number of methoxy groups -OCH3 is 1. The minimum Gasteiger partial charge on any atom is -0.495 e. The van der Waals surface area contributed by atoms with Crippen LogP contribution in [0.2, 0.25) is 0 Å². The molecule has 2 N–H and O–H groups in total. The summed E-state index contributed by atoms with van der Waals surface area (Å²) in [6, 6.07) is 15.2. The molecule has 0 fully saturated rings. The summed E-state index contributed by atoms with van der Waals surface area (Å²) in [5.74, 6) is 1.82. The van der Waals surface area contributed by atoms with Gasteiger partial charge in [-0.15, -0.1) is 0 Å². The van der Waals surface area contributed by atoms with Crippen molar-refractivity contribution in [2.45, 2.75) is 24.3 Å². The average Bonchev–Trinajstić information content (AvgIpc) is 3.30. The maximum Gasteiger partial charge on any atom is 0.250 e. The van der Waals surface area contributed by atoms with Gasteiger partial charge < -0.3 is 24.5 Å². The number of aromatic nitrogens is 3. The van der Waals surface area contributed by atoms with E-state index in [0.717, 1.165) is 37.7 Å². The Morgan fingerprint density at radius 2 is 2.00 bits per heavy atom. The number of para-hydroxylation sites is 2. The molecule has 0 aliphatic carbocycles. The van der Waals surface area contributed by atoms with Gasteiger partial charge in [0.15, 0.2) is 5.16 Å². The molecule has 4 rings (SSSR count). The van der Waals surface area contributed by atoms with Crippen LogP contribution in [-0.4, -0.2) is 47.8 Å². The van der Waals surface area contributed by atoms with Gasteiger partial charge in [-0.1, -0.05) is 39.8 Å². The summed E-state index contributed by atoms with van der Waals surface area (Å²) < 4.78 is 17.6. The first-order chi connectivity index (χ1) is 17.5. The first kappa shape index (κ1) is 26.0. The molecule has 0 atom stereocenters. The molecule has 0 aliphatic rings. The number of halogens is 1. The maximum atomic E-state index is 12.2. The SMILES string of the molecule is COc1cc(Br)ccc1NC(=O)COCCCOc1ccnc(CSc2nc3ccccc3[nH]2)c1C. The van der Waals surface area contributed by atoms with Gasteiger partial charge >= 0.3 is 0 Å². The first-order valence-corrected chi connectivity index (χ1v) is 13.2. The monoisotopic (exact) mass is 570 g/mol. The number of fused-ring (bicyclic) bond motifs is 1. The number of ether oxygens (including phenoxy) is 3. The predicted octanol–water partition coefficient (Wildman–Crippen LogP) is 5.75. The van der Waals surface area contributed by atoms with E-state index < -0.39 is 0 Å². The zero-order valence-corrected chi connectivity index (χ0v) is 22.4. The van der Waals surface area contributed by atoms with E-state index in [4.69, 9.17) is 14.2 Å². The Morgan fingerprint density at radius 1 is 1.14 bits per heavy atom. The standard InChI is InChI=1S/C26H27BrN4O4S/c1-17-22(16-36-26-30-19-6-3-4-7-20(19)31-26)28-11-10-23(17)35-13-5-12-34-15-25(32)29-21-9-8-18(27)14-24(21)33-2/h3-4,6-11,14H,5,12-13,15-16H2,1-2H3,(H,29,32)(H,30,31). The van der Waals surface area contributed by atoms with Crippen LogP contribution in [-0.2, 0) is 15.3 Å². The van der Waals surface area contributed by atoms with Gasteiger partial charge in [0.2, 0.25) is 5.91 Å². The fourth-order valence-corrected chi connectivity index (χ4v) is 4.71. The molecule has 1 amide bonds. The van der Waals surface area contributed by atoms with Crippen LogP contribution in [0.1, 0.15) is 17.7 Å². The van der Waals surface area contributed by atoms with Gasteiger partial charge in [-0.3, -0.25) is 9.78 Å². The Morgan fingerprint density at radius 3 is 2.83 bits per heavy atom. The number of carbonyl (C=O) groups is 1. The minimum atomic E-state index is -0.242. The normalized spacial score (nSPS) is 11.0. The Balaban J connectivity index is 1.18. The van der Waals surface area contributed by atoms with Gasteiger partial charge in [0.25, 0.3) is 0 Å². The summed E-state index contributed by atoms with van der Waals surface area (Å²) in [4.78, 5) is 24.6. The highest BCUT2D eigenvalue weighted by molar-refractivity contribution is 9.10. The lowest BCUT2D eigenvalue weighted by Gasteiger charge is -2.12. The lowest BCUT2D eigenvalue weighted by Crippen LogP contribution is -2.19. The molecule has 0 bridgehead atoms. The van der Waals surface area contributed by atoms with Gasteiger partial charge in [0, 0.05) is 28.4 Å². The Kier molecular flexibility index (Phi) is 9.21. The number of imidazole rings is 1. The first-order valence-electron chi connectivity index (χ1n) is 11.4. The molecule has 188 valence electrons. The third-order valence-corrected chi connectivity index (χ3v) is 6.71. The molecule has 2 aromatic heterocycles. The largest absolute Gasteiger partial charge is 0.495 e. The molecule has 10 heteroatoms. The van der Waals surface area contributed by atoms with E-state index in [1.807, 2.05) is 43.3 Å². The quantitative estimate of drug-likeness (QED) is 0.165. The summed E-state index contributed by atoms with van der Waals surface area (Å²) >= 11 is 4.99. The number of benzene rings is 2. The molecule has 2 heterocycles. The van der Waals surface area contributed by atoms with Crippen LogP contribution in [0.15, 0.2) is 64.4 Å². The molecule has 0 unspecified atom stereocenters. The lowest BCUT2D eigenvalue weighted by atomic mass is 10.2. The summed E-state index contributed by atoms with van der Waals surface area (Å²) in [6.45, 7) is 2.84. The summed E-state index contributed by atoms with van der Waals surface area (Å²) in [7, 11) is 1.56. The van der Waals surface area contributed by atoms with Crippen molar-refractivity contribution in [3.63, 3.8) is 0 Å². The van der Waals surface area contributed by atoms with Crippen molar-refractivity contribution in [3.05, 3.63) is 70.5 Å². The van der Waals surface area contributed by atoms with Crippen molar-refractivity contribution < 1.29 is 19.0 Å². The van der Waals surface area contributed by atoms with Crippen LogP contribution in [0.3, 0.4) is 0 Å². The van der Waals surface area contributed by atoms with E-state index in [1.54, 1.807) is 37.2 Å². The van der Waals surface area contributed by atoms with Crippen LogP contribution in [0.25, 0.3) is 11.0 Å². The number of hydrogen-bond donors (Lipinski definition) is 2. The number of aromatic amines is 1. The van der Waals surface area contributed by atoms with Gasteiger partial charge in [0.05, 0.1) is 42.7 Å². The zero-order valence-electron chi connectivity index (χ0n) is 20.0. The second kappa shape index (κ2) is 12.8. The van der Waals surface area contributed by atoms with Crippen molar-refractivity contribution >= 4 is 50.3 Å². The molecular weight excluding hydrogens is 544 g/mol. The third kappa shape index (κ3) is 6.99. The van der Waals surface area contributed by atoms with Gasteiger partial charge in [-0.05, 0) is 43.3 Å². The van der Waals surface area contributed by atoms with Crippen molar-refractivity contribution in [1.29, 1.82) is 0 Å². The number of carbonyl (C=O) groups excluding carboxylic acids is 1. The van der Waals surface area contributed by atoms with Crippen molar-refractivity contribution in [3.8, 4) is 11.5 Å². The fourth-order valence-electron chi connectivity index (χ4n) is 3.46. The van der Waals surface area contributed by atoms with Crippen molar-refractivity contribution in [1.82, 2.24) is 15.0 Å². The number of nitrogens with zero attached hydrogens (tertiary/aromatic N) is 2. The smallest absolute Gasteiger partial charge is 0.250 e. The van der Waals surface area contributed by atoms with E-state index in [-0.39, 0.29) is 12.5 Å². The highest BCUT2D eigenvalue weighted by Gasteiger charge is 2.11. The van der Waals surface area contributed by atoms with Gasteiger partial charge in [0.1, 0.15) is 18.1 Å². The highest BCUT2D eigenvalue weighted by Crippen LogP contribution is 2.28. The number of nitrogens with one attached hydrogen (secondary N) is 2. The number of hydrogen-bond acceptors (Lipinski definition) is 7. The molecular formula is C26H27BrN4O4S. The maximum absolute atomic E-state index is 12.2. The molecule has 0 saturated carbocycles. The topological polar surface area (TPSA) is 98.4 Å². The van der Waals surface area contributed by atoms with E-state index >= 15 is 0 Å². The molecule has 8 nitrogen and oxygen atoms in total. The van der Waals surface area contributed by atoms with E-state index in [2.05, 4.69) is 36.2 Å². The Labute approximate surface area is 222 Å². The molecule has 4 aromatic rings. The highest BCUT2D eigenvalue weighted by atomic mass is 79.9. The van der Waals surface area contributed by atoms with Crippen LogP contribution >= 0.6 is 27.7 Å². The molecule has 2 aromatic carbocycles. The van der Waals surface area contributed by atoms with Crippen molar-refractivity contribution in [2.24, 2.45) is 0 Å². The van der Waals surface area contributed by atoms with Crippen LogP contribution in [0.4, 0.5) is 5.69 Å². The summed E-state index contributed by atoms with van der Waals surface area (Å²) in [6.07, 6.45) is 2.41. The Hall–Kier alpha value is -3.08. The average molecular weight is 571 g/mol. The molecule has 0 saturated heterocycles. The Bertz CT molecular complexity index is 1300. The minimum absolute atomic E-state index is 0.0450. The predicted molar refractivity (Wildman–Crippen MR) is 145 cm³/mol. The lowest BCUT2D eigenvalue weighted by molar-refractivity contribution is -0.120. The molecule has 0 spiro atoms. The van der Waals surface area contributed by atoms with E-state index in [1.165, 1.54) is 0 Å². The number of H-pyrrole nitrogens is 1. The van der Waals surface area contributed by atoms with Crippen LogP contribution in [0, 0.1) is 6.92 Å². The molecule has 36 heavy (non-hydrogen) atoms. The van der Waals surface area contributed by atoms with Gasteiger partial charge in [-0.2, -0.15) is 0 Å². The summed E-state index contributed by atoms with van der Waals surface area (Å²) in [5, 5.41) is 3.66.